The standard InChI is InChI=1S/C21H29NO5/c1-3-26-18-13-17(21(18)10-5-4-6-11-21)22(2)20(25)15-8-7-9-16(12-15)27-14-19(23)24/h7-9,12,17-18H,3-6,10-11,13-14H2,1-2H3,(H,23,24). The van der Waals surface area contributed by atoms with E-state index in [2.05, 4.69) is 0 Å². The lowest BCUT2D eigenvalue weighted by Gasteiger charge is -2.60. The van der Waals surface area contributed by atoms with E-state index in [1.54, 1.807) is 24.3 Å². The summed E-state index contributed by atoms with van der Waals surface area (Å²) in [6.45, 7) is 2.32. The lowest BCUT2D eigenvalue weighted by atomic mass is 9.54. The summed E-state index contributed by atoms with van der Waals surface area (Å²) >= 11 is 0. The van der Waals surface area contributed by atoms with Crippen molar-refractivity contribution in [1.29, 1.82) is 0 Å². The van der Waals surface area contributed by atoms with Gasteiger partial charge >= 0.3 is 5.97 Å². The quantitative estimate of drug-likeness (QED) is 0.791. The lowest BCUT2D eigenvalue weighted by Crippen LogP contribution is -2.65. The zero-order valence-electron chi connectivity index (χ0n) is 16.1. The van der Waals surface area contributed by atoms with Crippen LogP contribution in [-0.2, 0) is 9.53 Å². The number of carboxylic acids is 1. The van der Waals surface area contributed by atoms with Crippen LogP contribution in [0.15, 0.2) is 24.3 Å². The maximum Gasteiger partial charge on any atom is 0.341 e. The third-order valence-corrected chi connectivity index (χ3v) is 6.13. The monoisotopic (exact) mass is 375 g/mol. The molecular weight excluding hydrogens is 346 g/mol. The number of rotatable bonds is 7. The van der Waals surface area contributed by atoms with Gasteiger partial charge in [-0.1, -0.05) is 25.3 Å². The number of carbonyl (C=O) groups is 2. The molecule has 0 saturated heterocycles. The number of hydrogen-bond acceptors (Lipinski definition) is 4. The van der Waals surface area contributed by atoms with Gasteiger partial charge < -0.3 is 19.5 Å². The number of amides is 1. The minimum atomic E-state index is -1.04. The zero-order chi connectivity index (χ0) is 19.4. The summed E-state index contributed by atoms with van der Waals surface area (Å²) in [6.07, 6.45) is 7.00. The van der Waals surface area contributed by atoms with E-state index in [0.29, 0.717) is 17.9 Å². The molecule has 6 nitrogen and oxygen atoms in total. The van der Waals surface area contributed by atoms with Crippen molar-refractivity contribution < 1.29 is 24.2 Å². The normalized spacial score (nSPS) is 23.5. The maximum atomic E-state index is 13.1. The Balaban J connectivity index is 1.73. The van der Waals surface area contributed by atoms with Crippen molar-refractivity contribution in [1.82, 2.24) is 4.90 Å². The number of nitrogens with zero attached hydrogens (tertiary/aromatic N) is 1. The van der Waals surface area contributed by atoms with E-state index in [9.17, 15) is 9.59 Å². The highest BCUT2D eigenvalue weighted by atomic mass is 16.5. The van der Waals surface area contributed by atoms with Crippen LogP contribution in [0.5, 0.6) is 5.75 Å². The van der Waals surface area contributed by atoms with Gasteiger partial charge in [0.15, 0.2) is 6.61 Å². The van der Waals surface area contributed by atoms with E-state index in [4.69, 9.17) is 14.6 Å². The Morgan fingerprint density at radius 1 is 1.26 bits per heavy atom. The van der Waals surface area contributed by atoms with Crippen molar-refractivity contribution in [3.05, 3.63) is 29.8 Å². The molecule has 6 heteroatoms. The van der Waals surface area contributed by atoms with Gasteiger partial charge in [0.2, 0.25) is 0 Å². The van der Waals surface area contributed by atoms with Gasteiger partial charge in [-0.3, -0.25) is 4.79 Å². The van der Waals surface area contributed by atoms with Crippen LogP contribution in [0.1, 0.15) is 55.8 Å². The molecule has 3 rings (SSSR count). The fourth-order valence-corrected chi connectivity index (χ4v) is 4.78. The summed E-state index contributed by atoms with van der Waals surface area (Å²) in [7, 11) is 1.87. The average molecular weight is 375 g/mol. The van der Waals surface area contributed by atoms with E-state index < -0.39 is 12.6 Å². The van der Waals surface area contributed by atoms with E-state index >= 15 is 0 Å². The number of ether oxygens (including phenoxy) is 2. The second kappa shape index (κ2) is 8.30. The Labute approximate surface area is 160 Å². The van der Waals surface area contributed by atoms with Crippen molar-refractivity contribution in [2.24, 2.45) is 5.41 Å². The predicted molar refractivity (Wildman–Crippen MR) is 101 cm³/mol. The lowest BCUT2D eigenvalue weighted by molar-refractivity contribution is -0.170. The smallest absolute Gasteiger partial charge is 0.341 e. The van der Waals surface area contributed by atoms with Crippen molar-refractivity contribution in [2.75, 3.05) is 20.3 Å². The minimum absolute atomic E-state index is 0.0549. The van der Waals surface area contributed by atoms with Gasteiger partial charge in [0, 0.05) is 30.7 Å². The van der Waals surface area contributed by atoms with Crippen LogP contribution in [0.2, 0.25) is 0 Å². The average Bonchev–Trinajstić information content (AvgIpc) is 2.69. The van der Waals surface area contributed by atoms with E-state index in [-0.39, 0.29) is 23.5 Å². The molecule has 0 heterocycles. The molecule has 1 spiro atoms. The molecule has 0 bridgehead atoms. The van der Waals surface area contributed by atoms with Gasteiger partial charge in [-0.25, -0.2) is 4.79 Å². The largest absolute Gasteiger partial charge is 0.482 e. The molecule has 2 saturated carbocycles. The summed E-state index contributed by atoms with van der Waals surface area (Å²) in [5, 5.41) is 8.75. The second-order valence-corrected chi connectivity index (χ2v) is 7.62. The number of aliphatic carboxylic acids is 1. The summed E-state index contributed by atoms with van der Waals surface area (Å²) in [5.41, 5.74) is 0.599. The van der Waals surface area contributed by atoms with Crippen molar-refractivity contribution >= 4 is 11.9 Å². The molecule has 2 aliphatic rings. The van der Waals surface area contributed by atoms with Crippen LogP contribution in [-0.4, -0.2) is 54.3 Å². The number of hydrogen-bond donors (Lipinski definition) is 1. The number of carbonyl (C=O) groups excluding carboxylic acids is 1. The molecule has 0 radical (unpaired) electrons. The van der Waals surface area contributed by atoms with E-state index in [0.717, 1.165) is 19.3 Å². The van der Waals surface area contributed by atoms with Crippen LogP contribution in [0.25, 0.3) is 0 Å². The first-order valence-electron chi connectivity index (χ1n) is 9.81. The van der Waals surface area contributed by atoms with Crippen LogP contribution < -0.4 is 4.74 Å². The van der Waals surface area contributed by atoms with Crippen molar-refractivity contribution in [2.45, 2.75) is 57.6 Å². The van der Waals surface area contributed by atoms with Crippen molar-refractivity contribution in [3.63, 3.8) is 0 Å². The molecule has 2 unspecified atom stereocenters. The molecule has 2 aliphatic carbocycles. The summed E-state index contributed by atoms with van der Waals surface area (Å²) < 4.78 is 11.2. The van der Waals surface area contributed by atoms with Gasteiger partial charge in [-0.05, 0) is 44.4 Å². The topological polar surface area (TPSA) is 76.1 Å². The first-order valence-corrected chi connectivity index (χ1v) is 9.81. The molecule has 1 N–H and O–H groups in total. The Morgan fingerprint density at radius 2 is 2.00 bits per heavy atom. The molecule has 1 aromatic carbocycles. The van der Waals surface area contributed by atoms with Crippen LogP contribution >= 0.6 is 0 Å². The van der Waals surface area contributed by atoms with Crippen LogP contribution in [0, 0.1) is 5.41 Å². The molecule has 1 aromatic rings. The predicted octanol–water partition coefficient (Wildman–Crippen LogP) is 3.35. The fourth-order valence-electron chi connectivity index (χ4n) is 4.78. The highest BCUT2D eigenvalue weighted by molar-refractivity contribution is 5.94. The van der Waals surface area contributed by atoms with Crippen LogP contribution in [0.3, 0.4) is 0 Å². The maximum absolute atomic E-state index is 13.1. The molecule has 2 fully saturated rings. The zero-order valence-corrected chi connectivity index (χ0v) is 16.1. The second-order valence-electron chi connectivity index (χ2n) is 7.62. The Hall–Kier alpha value is -2.08. The Morgan fingerprint density at radius 3 is 2.67 bits per heavy atom. The molecule has 1 amide bonds. The van der Waals surface area contributed by atoms with Gasteiger partial charge in [0.05, 0.1) is 6.10 Å². The molecule has 0 aliphatic heterocycles. The highest BCUT2D eigenvalue weighted by Gasteiger charge is 2.57. The SMILES string of the molecule is CCOC1CC(N(C)C(=O)c2cccc(OCC(=O)O)c2)C12CCCCC2. The minimum Gasteiger partial charge on any atom is -0.482 e. The first kappa shape index (κ1) is 19.7. The van der Waals surface area contributed by atoms with E-state index in [1.165, 1.54) is 19.3 Å². The highest BCUT2D eigenvalue weighted by Crippen LogP contribution is 2.55. The Kier molecular flexibility index (Phi) is 6.05. The Bertz CT molecular complexity index is 683. The molecular formula is C21H29NO5. The number of carboxylic acid groups (broad SMARTS) is 1. The summed E-state index contributed by atoms with van der Waals surface area (Å²) in [4.78, 5) is 25.6. The van der Waals surface area contributed by atoms with Gasteiger partial charge in [-0.2, -0.15) is 0 Å². The molecule has 27 heavy (non-hydrogen) atoms. The van der Waals surface area contributed by atoms with Crippen LogP contribution in [0.4, 0.5) is 0 Å². The summed E-state index contributed by atoms with van der Waals surface area (Å²) in [5.74, 6) is -0.704. The van der Waals surface area contributed by atoms with Gasteiger partial charge in [0.25, 0.3) is 5.91 Å². The fraction of sp³-hybridized carbons (Fsp3) is 0.619. The van der Waals surface area contributed by atoms with Gasteiger partial charge in [-0.15, -0.1) is 0 Å². The summed E-state index contributed by atoms with van der Waals surface area (Å²) in [6, 6.07) is 6.94. The van der Waals surface area contributed by atoms with Gasteiger partial charge in [0.1, 0.15) is 5.75 Å². The molecule has 0 aromatic heterocycles. The third kappa shape index (κ3) is 3.95. The van der Waals surface area contributed by atoms with E-state index in [1.807, 2.05) is 18.9 Å². The first-order chi connectivity index (χ1) is 13.0. The number of benzene rings is 1. The molecule has 2 atom stereocenters. The third-order valence-electron chi connectivity index (χ3n) is 6.13. The van der Waals surface area contributed by atoms with Crippen molar-refractivity contribution in [3.8, 4) is 5.75 Å². The molecule has 148 valence electrons.